The Kier molecular flexibility index (Phi) is 9.48. The molecule has 5 heteroatoms. The maximum atomic E-state index is 5.65. The molecule has 0 atom stereocenters. The second-order valence-electron chi connectivity index (χ2n) is 14.8. The zero-order valence-corrected chi connectivity index (χ0v) is 32.0. The minimum absolute atomic E-state index is 0.174. The minimum Gasteiger partial charge on any atom is -0.497 e. The van der Waals surface area contributed by atoms with Crippen molar-refractivity contribution in [2.24, 2.45) is 0 Å². The number of allylic oxidation sites excluding steroid dienone is 7. The number of benzene rings is 4. The van der Waals surface area contributed by atoms with Gasteiger partial charge in [0.15, 0.2) is 5.71 Å². The van der Waals surface area contributed by atoms with Crippen molar-refractivity contribution in [1.82, 2.24) is 0 Å². The molecule has 0 amide bonds. The van der Waals surface area contributed by atoms with E-state index < -0.39 is 0 Å². The van der Waals surface area contributed by atoms with Crippen LogP contribution in [0.15, 0.2) is 144 Å². The van der Waals surface area contributed by atoms with Gasteiger partial charge in [-0.15, -0.1) is 0 Å². The molecule has 2 aliphatic heterocycles. The monoisotopic (exact) mass is 690 g/mol. The maximum Gasteiger partial charge on any atom is 0.210 e. The van der Waals surface area contributed by atoms with Crippen molar-refractivity contribution in [2.45, 2.75) is 65.2 Å². The molecule has 0 saturated heterocycles. The molecule has 0 aromatic heterocycles. The Morgan fingerprint density at radius 1 is 0.712 bits per heavy atom. The van der Waals surface area contributed by atoms with Crippen molar-refractivity contribution in [2.75, 3.05) is 37.1 Å². The number of anilines is 3. The van der Waals surface area contributed by atoms with E-state index >= 15 is 0 Å². The van der Waals surface area contributed by atoms with Gasteiger partial charge >= 0.3 is 0 Å². The van der Waals surface area contributed by atoms with E-state index in [1.807, 2.05) is 0 Å². The first-order valence-electron chi connectivity index (χ1n) is 18.7. The summed E-state index contributed by atoms with van der Waals surface area (Å²) in [7, 11) is 3.49. The fraction of sp³-hybridized carbons (Fsp3) is 0.298. The topological polar surface area (TPSA) is 27.9 Å². The van der Waals surface area contributed by atoms with Crippen molar-refractivity contribution in [1.29, 1.82) is 0 Å². The van der Waals surface area contributed by atoms with Crippen LogP contribution in [0.4, 0.5) is 22.7 Å². The summed E-state index contributed by atoms with van der Waals surface area (Å²) in [6.07, 6.45) is 11.5. The van der Waals surface area contributed by atoms with Gasteiger partial charge in [-0.2, -0.15) is 4.58 Å². The highest BCUT2D eigenvalue weighted by Crippen LogP contribution is 2.50. The number of ether oxygens (including phenoxy) is 2. The second kappa shape index (κ2) is 14.0. The SMILES string of the molecule is CCN1/C(=C/C=C2\CCC(/C=C/C3=[N+](CC)c4ccc(OC)cc4C3(C)C)=C2N(c2ccccc2)c2ccccc2)C(C)(C)c2cc(OC)ccc21. The van der Waals surface area contributed by atoms with E-state index in [1.165, 1.54) is 50.8 Å². The fourth-order valence-electron chi connectivity index (χ4n) is 8.49. The summed E-state index contributed by atoms with van der Waals surface area (Å²) in [6.45, 7) is 15.6. The fourth-order valence-corrected chi connectivity index (χ4v) is 8.49. The summed E-state index contributed by atoms with van der Waals surface area (Å²) in [4.78, 5) is 4.91. The minimum atomic E-state index is -0.174. The Balaban J connectivity index is 1.39. The summed E-state index contributed by atoms with van der Waals surface area (Å²) in [5.41, 5.74) is 13.6. The zero-order valence-electron chi connectivity index (χ0n) is 32.0. The van der Waals surface area contributed by atoms with Gasteiger partial charge in [0, 0.05) is 52.4 Å². The lowest BCUT2D eigenvalue weighted by molar-refractivity contribution is -0.433. The Bertz CT molecular complexity index is 2090. The Morgan fingerprint density at radius 2 is 1.33 bits per heavy atom. The van der Waals surface area contributed by atoms with Gasteiger partial charge in [-0.3, -0.25) is 0 Å². The van der Waals surface area contributed by atoms with Gasteiger partial charge in [-0.1, -0.05) is 62.4 Å². The van der Waals surface area contributed by atoms with Crippen molar-refractivity contribution in [3.8, 4) is 11.5 Å². The standard InChI is InChI=1S/C47H52N3O2/c1-9-48-41-27-25-37(51-7)31-39(41)46(3,4)43(48)29-23-33-21-22-34(45(33)50(35-17-13-11-14-18-35)36-19-15-12-16-20-36)24-30-44-47(5,6)40-32-38(52-8)26-28-42(40)49(44)10-2/h11-20,23-32H,9-10,21-22H2,1-8H3/q+1. The van der Waals surface area contributed by atoms with Crippen LogP contribution in [0.25, 0.3) is 0 Å². The van der Waals surface area contributed by atoms with Crippen LogP contribution in [0.5, 0.6) is 11.5 Å². The molecule has 5 nitrogen and oxygen atoms in total. The van der Waals surface area contributed by atoms with Crippen LogP contribution in [0.3, 0.4) is 0 Å². The van der Waals surface area contributed by atoms with Gasteiger partial charge in [0.1, 0.15) is 18.0 Å². The summed E-state index contributed by atoms with van der Waals surface area (Å²) < 4.78 is 13.8. The molecule has 4 aromatic rings. The van der Waals surface area contributed by atoms with Gasteiger partial charge in [-0.05, 0) is 118 Å². The largest absolute Gasteiger partial charge is 0.497 e. The third-order valence-electron chi connectivity index (χ3n) is 11.2. The van der Waals surface area contributed by atoms with Gasteiger partial charge in [-0.25, -0.2) is 0 Å². The van der Waals surface area contributed by atoms with Crippen LogP contribution in [0, 0.1) is 0 Å². The third kappa shape index (κ3) is 5.96. The Morgan fingerprint density at radius 3 is 1.92 bits per heavy atom. The number of methoxy groups -OCH3 is 2. The first-order valence-corrected chi connectivity index (χ1v) is 18.7. The van der Waals surface area contributed by atoms with Crippen molar-refractivity contribution in [3.05, 3.63) is 155 Å². The van der Waals surface area contributed by atoms with Crippen LogP contribution in [0.2, 0.25) is 0 Å². The van der Waals surface area contributed by atoms with Gasteiger partial charge in [0.25, 0.3) is 0 Å². The average molecular weight is 691 g/mol. The summed E-state index contributed by atoms with van der Waals surface area (Å²) in [5, 5.41) is 0. The molecule has 4 aromatic carbocycles. The predicted molar refractivity (Wildman–Crippen MR) is 217 cm³/mol. The molecule has 0 unspecified atom stereocenters. The summed E-state index contributed by atoms with van der Waals surface area (Å²) in [6, 6.07) is 34.6. The lowest BCUT2D eigenvalue weighted by Gasteiger charge is -2.29. The molecule has 0 fully saturated rings. The van der Waals surface area contributed by atoms with E-state index in [0.29, 0.717) is 0 Å². The van der Waals surface area contributed by atoms with Crippen LogP contribution in [-0.4, -0.2) is 37.6 Å². The average Bonchev–Trinajstić information content (AvgIpc) is 3.73. The highest BCUT2D eigenvalue weighted by molar-refractivity contribution is 6.03. The molecule has 52 heavy (non-hydrogen) atoms. The first kappa shape index (κ1) is 35.1. The van der Waals surface area contributed by atoms with E-state index in [0.717, 1.165) is 48.8 Å². The molecule has 7 rings (SSSR count). The number of fused-ring (bicyclic) bond motifs is 2. The van der Waals surface area contributed by atoms with E-state index in [4.69, 9.17) is 9.47 Å². The van der Waals surface area contributed by atoms with Gasteiger partial charge in [0.2, 0.25) is 5.69 Å². The van der Waals surface area contributed by atoms with E-state index in [2.05, 4.69) is 177 Å². The second-order valence-corrected chi connectivity index (χ2v) is 14.8. The molecule has 0 saturated carbocycles. The van der Waals surface area contributed by atoms with E-state index in [1.54, 1.807) is 14.2 Å². The molecule has 3 aliphatic rings. The number of likely N-dealkylation sites (N-methyl/N-ethyl adjacent to an activating group) is 1. The van der Waals surface area contributed by atoms with Crippen LogP contribution < -0.4 is 19.3 Å². The lowest BCUT2D eigenvalue weighted by atomic mass is 9.81. The Hall–Kier alpha value is -5.29. The molecular formula is C47H52N3O2+. The summed E-state index contributed by atoms with van der Waals surface area (Å²) in [5.74, 6) is 1.79. The Labute approximate surface area is 310 Å². The molecule has 0 bridgehead atoms. The van der Waals surface area contributed by atoms with Crippen LogP contribution in [-0.2, 0) is 10.8 Å². The highest BCUT2D eigenvalue weighted by Gasteiger charge is 2.44. The maximum absolute atomic E-state index is 5.65. The van der Waals surface area contributed by atoms with E-state index in [9.17, 15) is 0 Å². The number of hydrogen-bond donors (Lipinski definition) is 0. The molecule has 1 aliphatic carbocycles. The summed E-state index contributed by atoms with van der Waals surface area (Å²) >= 11 is 0. The lowest BCUT2D eigenvalue weighted by Crippen LogP contribution is -2.27. The molecule has 0 spiro atoms. The van der Waals surface area contributed by atoms with Crippen LogP contribution >= 0.6 is 0 Å². The normalized spacial score (nSPS) is 18.9. The molecular weight excluding hydrogens is 639 g/mol. The van der Waals surface area contributed by atoms with Crippen molar-refractivity contribution < 1.29 is 14.0 Å². The number of rotatable bonds is 10. The first-order chi connectivity index (χ1) is 25.1. The molecule has 2 heterocycles. The molecule has 0 radical (unpaired) electrons. The van der Waals surface area contributed by atoms with Crippen molar-refractivity contribution >= 4 is 28.5 Å². The van der Waals surface area contributed by atoms with Gasteiger partial charge in [0.05, 0.1) is 25.3 Å². The van der Waals surface area contributed by atoms with E-state index in [-0.39, 0.29) is 10.8 Å². The number of para-hydroxylation sites is 2. The van der Waals surface area contributed by atoms with Crippen LogP contribution in [0.1, 0.15) is 65.5 Å². The third-order valence-corrected chi connectivity index (χ3v) is 11.2. The smallest absolute Gasteiger partial charge is 0.210 e. The zero-order chi connectivity index (χ0) is 36.6. The number of nitrogens with zero attached hydrogens (tertiary/aromatic N) is 3. The molecule has 266 valence electrons. The predicted octanol–water partition coefficient (Wildman–Crippen LogP) is 11.2. The quantitative estimate of drug-likeness (QED) is 0.155. The number of hydrogen-bond acceptors (Lipinski definition) is 4. The highest BCUT2D eigenvalue weighted by atomic mass is 16.5. The van der Waals surface area contributed by atoms with Crippen molar-refractivity contribution in [3.63, 3.8) is 0 Å². The molecule has 0 N–H and O–H groups in total. The van der Waals surface area contributed by atoms with Gasteiger partial charge < -0.3 is 19.3 Å².